The van der Waals surface area contributed by atoms with Gasteiger partial charge in [-0.1, -0.05) is 0 Å². The van der Waals surface area contributed by atoms with Gasteiger partial charge in [0.15, 0.2) is 5.78 Å². The lowest BCUT2D eigenvalue weighted by molar-refractivity contribution is 0.0901. The Hall–Kier alpha value is -1.39. The van der Waals surface area contributed by atoms with Gasteiger partial charge >= 0.3 is 0 Å². The quantitative estimate of drug-likeness (QED) is 0.728. The summed E-state index contributed by atoms with van der Waals surface area (Å²) in [4.78, 5) is 13.5. The van der Waals surface area contributed by atoms with Gasteiger partial charge in [-0.05, 0) is 38.2 Å². The van der Waals surface area contributed by atoms with Gasteiger partial charge in [0.1, 0.15) is 5.75 Å². The second kappa shape index (κ2) is 5.63. The zero-order valence-electron chi connectivity index (χ0n) is 9.55. The maximum Gasteiger partial charge on any atom is 0.176 e. The number of Topliss-reactive ketones (excluding diaryl/α,β-unsaturated/α-hetero) is 1. The van der Waals surface area contributed by atoms with Crippen molar-refractivity contribution in [2.45, 2.75) is 13.0 Å². The number of hydrogen-bond donors (Lipinski definition) is 2. The summed E-state index contributed by atoms with van der Waals surface area (Å²) in [6.45, 7) is 2.40. The molecule has 2 N–H and O–H groups in total. The number of likely N-dealkylation sites (N-methyl/N-ethyl adjacent to an activating group) is 1. The maximum absolute atomic E-state index is 11.7. The molecule has 0 aromatic heterocycles. The summed E-state index contributed by atoms with van der Waals surface area (Å²) in [6, 6.07) is 6.16. The minimum absolute atomic E-state index is 0.0249. The van der Waals surface area contributed by atoms with Crippen molar-refractivity contribution < 1.29 is 15.0 Å². The Morgan fingerprint density at radius 3 is 2.44 bits per heavy atom. The SMILES string of the molecule is CC(O)CN(C)CC(=O)c1ccc(O)cc1. The predicted molar refractivity (Wildman–Crippen MR) is 61.6 cm³/mol. The lowest BCUT2D eigenvalue weighted by Gasteiger charge is -2.17. The van der Waals surface area contributed by atoms with E-state index in [1.54, 1.807) is 31.0 Å². The monoisotopic (exact) mass is 223 g/mol. The average Bonchev–Trinajstić information content (AvgIpc) is 2.16. The molecule has 0 saturated carbocycles. The van der Waals surface area contributed by atoms with Crippen LogP contribution in [-0.4, -0.2) is 47.1 Å². The van der Waals surface area contributed by atoms with Crippen LogP contribution in [0.4, 0.5) is 0 Å². The minimum atomic E-state index is -0.447. The van der Waals surface area contributed by atoms with Crippen LogP contribution in [0.1, 0.15) is 17.3 Å². The Labute approximate surface area is 95.1 Å². The molecule has 0 spiro atoms. The van der Waals surface area contributed by atoms with Crippen molar-refractivity contribution in [1.82, 2.24) is 4.90 Å². The number of carbonyl (C=O) groups excluding carboxylic acids is 1. The van der Waals surface area contributed by atoms with Crippen LogP contribution in [-0.2, 0) is 0 Å². The third kappa shape index (κ3) is 4.00. The van der Waals surface area contributed by atoms with E-state index in [-0.39, 0.29) is 18.1 Å². The molecule has 0 aliphatic carbocycles. The summed E-state index contributed by atoms with van der Waals surface area (Å²) in [5.74, 6) is 0.122. The lowest BCUT2D eigenvalue weighted by Crippen LogP contribution is -2.32. The Morgan fingerprint density at radius 2 is 1.94 bits per heavy atom. The van der Waals surface area contributed by atoms with Crippen molar-refractivity contribution in [3.63, 3.8) is 0 Å². The van der Waals surface area contributed by atoms with Crippen LogP contribution in [0.2, 0.25) is 0 Å². The van der Waals surface area contributed by atoms with Gasteiger partial charge in [0.25, 0.3) is 0 Å². The first-order valence-electron chi connectivity index (χ1n) is 5.18. The Balaban J connectivity index is 2.55. The summed E-state index contributed by atoms with van der Waals surface area (Å²) in [5, 5.41) is 18.2. The molecule has 0 saturated heterocycles. The topological polar surface area (TPSA) is 60.8 Å². The summed E-state index contributed by atoms with van der Waals surface area (Å²) in [5.41, 5.74) is 0.565. The first-order valence-corrected chi connectivity index (χ1v) is 5.18. The standard InChI is InChI=1S/C12H17NO3/c1-9(14)7-13(2)8-12(16)10-3-5-11(15)6-4-10/h3-6,9,14-15H,7-8H2,1-2H3. The van der Waals surface area contributed by atoms with Crippen LogP contribution in [0.5, 0.6) is 5.75 Å². The first-order chi connectivity index (χ1) is 7.49. The van der Waals surface area contributed by atoms with E-state index >= 15 is 0 Å². The second-order valence-corrected chi connectivity index (χ2v) is 4.02. The number of aliphatic hydroxyl groups excluding tert-OH is 1. The van der Waals surface area contributed by atoms with Gasteiger partial charge in [0, 0.05) is 12.1 Å². The van der Waals surface area contributed by atoms with Gasteiger partial charge in [0.05, 0.1) is 12.6 Å². The minimum Gasteiger partial charge on any atom is -0.508 e. The largest absolute Gasteiger partial charge is 0.508 e. The molecule has 0 aliphatic rings. The Morgan fingerprint density at radius 1 is 1.38 bits per heavy atom. The number of rotatable bonds is 5. The summed E-state index contributed by atoms with van der Waals surface area (Å²) in [6.07, 6.45) is -0.447. The molecule has 0 fully saturated rings. The van der Waals surface area contributed by atoms with E-state index in [1.807, 2.05) is 0 Å². The van der Waals surface area contributed by atoms with Gasteiger partial charge in [0.2, 0.25) is 0 Å². The van der Waals surface area contributed by atoms with Crippen molar-refractivity contribution >= 4 is 5.78 Å². The number of carbonyl (C=O) groups is 1. The molecule has 0 radical (unpaired) electrons. The summed E-state index contributed by atoms with van der Waals surface area (Å²) < 4.78 is 0. The second-order valence-electron chi connectivity index (χ2n) is 4.02. The molecule has 4 nitrogen and oxygen atoms in total. The fraction of sp³-hybridized carbons (Fsp3) is 0.417. The van der Waals surface area contributed by atoms with Crippen LogP contribution in [0, 0.1) is 0 Å². The van der Waals surface area contributed by atoms with Crippen LogP contribution in [0.15, 0.2) is 24.3 Å². The van der Waals surface area contributed by atoms with E-state index in [0.29, 0.717) is 12.1 Å². The molecule has 1 unspecified atom stereocenters. The number of hydrogen-bond acceptors (Lipinski definition) is 4. The molecule has 1 atom stereocenters. The smallest absolute Gasteiger partial charge is 0.176 e. The van der Waals surface area contributed by atoms with Gasteiger partial charge in [-0.15, -0.1) is 0 Å². The predicted octanol–water partition coefficient (Wildman–Crippen LogP) is 0.887. The van der Waals surface area contributed by atoms with Gasteiger partial charge < -0.3 is 10.2 Å². The van der Waals surface area contributed by atoms with Crippen LogP contribution < -0.4 is 0 Å². The number of benzene rings is 1. The molecular weight excluding hydrogens is 206 g/mol. The molecule has 0 aliphatic heterocycles. The van der Waals surface area contributed by atoms with E-state index in [9.17, 15) is 4.79 Å². The maximum atomic E-state index is 11.7. The molecule has 4 heteroatoms. The molecule has 0 amide bonds. The molecule has 1 aromatic carbocycles. The average molecular weight is 223 g/mol. The zero-order chi connectivity index (χ0) is 12.1. The van der Waals surface area contributed by atoms with Crippen molar-refractivity contribution in [2.75, 3.05) is 20.1 Å². The number of nitrogens with zero attached hydrogens (tertiary/aromatic N) is 1. The molecule has 0 bridgehead atoms. The molecular formula is C12H17NO3. The Kier molecular flexibility index (Phi) is 4.46. The highest BCUT2D eigenvalue weighted by molar-refractivity contribution is 5.97. The highest BCUT2D eigenvalue weighted by Gasteiger charge is 2.10. The van der Waals surface area contributed by atoms with Crippen LogP contribution in [0.3, 0.4) is 0 Å². The third-order valence-corrected chi connectivity index (χ3v) is 2.18. The van der Waals surface area contributed by atoms with E-state index in [0.717, 1.165) is 0 Å². The number of phenolic OH excluding ortho intramolecular Hbond substituents is 1. The van der Waals surface area contributed by atoms with Crippen molar-refractivity contribution in [2.24, 2.45) is 0 Å². The fourth-order valence-corrected chi connectivity index (χ4v) is 1.50. The summed E-state index contributed by atoms with van der Waals surface area (Å²) >= 11 is 0. The fourth-order valence-electron chi connectivity index (χ4n) is 1.50. The third-order valence-electron chi connectivity index (χ3n) is 2.18. The van der Waals surface area contributed by atoms with Crippen molar-refractivity contribution in [1.29, 1.82) is 0 Å². The molecule has 0 heterocycles. The van der Waals surface area contributed by atoms with E-state index < -0.39 is 6.10 Å². The van der Waals surface area contributed by atoms with Gasteiger partial charge in [-0.3, -0.25) is 9.69 Å². The highest BCUT2D eigenvalue weighted by atomic mass is 16.3. The van der Waals surface area contributed by atoms with Gasteiger partial charge in [-0.25, -0.2) is 0 Å². The van der Waals surface area contributed by atoms with Crippen LogP contribution >= 0.6 is 0 Å². The zero-order valence-corrected chi connectivity index (χ0v) is 9.55. The van der Waals surface area contributed by atoms with E-state index in [2.05, 4.69) is 0 Å². The lowest BCUT2D eigenvalue weighted by atomic mass is 10.1. The van der Waals surface area contributed by atoms with Crippen molar-refractivity contribution in [3.8, 4) is 5.75 Å². The Bertz CT molecular complexity index is 346. The summed E-state index contributed by atoms with van der Waals surface area (Å²) in [7, 11) is 1.78. The number of phenols is 1. The van der Waals surface area contributed by atoms with E-state index in [1.165, 1.54) is 12.1 Å². The molecule has 16 heavy (non-hydrogen) atoms. The van der Waals surface area contributed by atoms with Crippen LogP contribution in [0.25, 0.3) is 0 Å². The first kappa shape index (κ1) is 12.7. The number of aliphatic hydroxyl groups is 1. The van der Waals surface area contributed by atoms with E-state index in [4.69, 9.17) is 10.2 Å². The molecule has 1 rings (SSSR count). The molecule has 88 valence electrons. The van der Waals surface area contributed by atoms with Crippen molar-refractivity contribution in [3.05, 3.63) is 29.8 Å². The highest BCUT2D eigenvalue weighted by Crippen LogP contribution is 2.10. The number of ketones is 1. The normalized spacial score (nSPS) is 12.8. The number of aromatic hydroxyl groups is 1. The van der Waals surface area contributed by atoms with Gasteiger partial charge in [-0.2, -0.15) is 0 Å². The molecule has 1 aromatic rings.